The monoisotopic (exact) mass is 436 g/mol. The molecular formula is C22H20N4O6. The second-order valence-electron chi connectivity index (χ2n) is 7.09. The van der Waals surface area contributed by atoms with Crippen LogP contribution in [0, 0.1) is 0 Å². The van der Waals surface area contributed by atoms with E-state index in [4.69, 9.17) is 9.84 Å². The minimum Gasteiger partial charge on any atom is -0.479 e. The molecule has 0 aliphatic heterocycles. The molecule has 0 saturated carbocycles. The van der Waals surface area contributed by atoms with Crippen LogP contribution in [0.4, 0.5) is 10.5 Å². The highest BCUT2D eigenvalue weighted by Crippen LogP contribution is 2.44. The zero-order chi connectivity index (χ0) is 22.7. The topological polar surface area (TPSA) is 132 Å². The molecule has 2 aromatic carbocycles. The van der Waals surface area contributed by atoms with Crippen molar-refractivity contribution in [2.24, 2.45) is 7.05 Å². The molecule has 0 saturated heterocycles. The van der Waals surface area contributed by atoms with Crippen LogP contribution >= 0.6 is 0 Å². The third-order valence-electron chi connectivity index (χ3n) is 5.09. The van der Waals surface area contributed by atoms with Crippen LogP contribution in [0.25, 0.3) is 11.1 Å². The van der Waals surface area contributed by atoms with Gasteiger partial charge in [-0.05, 0) is 22.3 Å². The maximum absolute atomic E-state index is 12.5. The van der Waals surface area contributed by atoms with Crippen molar-refractivity contribution < 1.29 is 29.1 Å². The number of nitrogens with one attached hydrogen (secondary N) is 2. The van der Waals surface area contributed by atoms with Gasteiger partial charge in [0.05, 0.1) is 11.9 Å². The van der Waals surface area contributed by atoms with E-state index in [0.29, 0.717) is 0 Å². The molecule has 32 heavy (non-hydrogen) atoms. The molecular weight excluding hydrogens is 416 g/mol. The van der Waals surface area contributed by atoms with Crippen molar-refractivity contribution in [2.75, 3.05) is 18.5 Å². The Morgan fingerprint density at radius 3 is 2.31 bits per heavy atom. The number of nitrogens with zero attached hydrogens (tertiary/aromatic N) is 2. The molecule has 0 radical (unpaired) electrons. The molecule has 0 unspecified atom stereocenters. The Morgan fingerprint density at radius 1 is 1.06 bits per heavy atom. The van der Waals surface area contributed by atoms with E-state index < -0.39 is 24.6 Å². The number of fused-ring (bicyclic) bond motifs is 3. The highest BCUT2D eigenvalue weighted by Gasteiger charge is 2.29. The number of hydrogen-bond donors (Lipinski definition) is 3. The van der Waals surface area contributed by atoms with Crippen LogP contribution in [-0.2, 0) is 21.4 Å². The van der Waals surface area contributed by atoms with Gasteiger partial charge < -0.3 is 9.84 Å². The molecule has 1 heterocycles. The van der Waals surface area contributed by atoms with Crippen molar-refractivity contribution in [3.8, 4) is 11.1 Å². The molecule has 3 aromatic rings. The Morgan fingerprint density at radius 2 is 1.69 bits per heavy atom. The Kier molecular flexibility index (Phi) is 5.86. The van der Waals surface area contributed by atoms with E-state index in [0.717, 1.165) is 22.3 Å². The second-order valence-corrected chi connectivity index (χ2v) is 7.09. The summed E-state index contributed by atoms with van der Waals surface area (Å²) in [6.45, 7) is -0.595. The van der Waals surface area contributed by atoms with Crippen LogP contribution in [0.1, 0.15) is 27.5 Å². The first kappa shape index (κ1) is 21.1. The normalized spacial score (nSPS) is 12.0. The zero-order valence-electron chi connectivity index (χ0n) is 17.1. The molecule has 1 aromatic heterocycles. The lowest BCUT2D eigenvalue weighted by Crippen LogP contribution is -2.29. The van der Waals surface area contributed by atoms with Crippen LogP contribution in [0.15, 0.2) is 54.7 Å². The molecule has 1 aliphatic carbocycles. The summed E-state index contributed by atoms with van der Waals surface area (Å²) in [6.07, 6.45) is 0.536. The molecule has 0 bridgehead atoms. The van der Waals surface area contributed by atoms with Crippen LogP contribution in [0.5, 0.6) is 0 Å². The number of hydrogen-bond acceptors (Lipinski definition) is 6. The largest absolute Gasteiger partial charge is 0.479 e. The van der Waals surface area contributed by atoms with Gasteiger partial charge >= 0.3 is 12.1 Å². The fraction of sp³-hybridized carbons (Fsp3) is 0.182. The predicted molar refractivity (Wildman–Crippen MR) is 113 cm³/mol. The molecule has 2 amide bonds. The second kappa shape index (κ2) is 8.90. The fourth-order valence-corrected chi connectivity index (χ4v) is 3.75. The number of amides is 2. The van der Waals surface area contributed by atoms with Crippen LogP contribution in [0.2, 0.25) is 0 Å². The van der Waals surface area contributed by atoms with Gasteiger partial charge in [-0.3, -0.25) is 19.6 Å². The van der Waals surface area contributed by atoms with Crippen molar-refractivity contribution in [1.82, 2.24) is 15.3 Å². The number of carbonyl (C=O) groups excluding carboxylic acids is 2. The van der Waals surface area contributed by atoms with Crippen molar-refractivity contribution in [1.29, 1.82) is 0 Å². The third-order valence-corrected chi connectivity index (χ3v) is 5.09. The Hall–Kier alpha value is -4.18. The van der Waals surface area contributed by atoms with E-state index in [1.165, 1.54) is 17.9 Å². The van der Waals surface area contributed by atoms with E-state index in [9.17, 15) is 14.4 Å². The number of aromatic nitrogens is 2. The lowest BCUT2D eigenvalue weighted by atomic mass is 9.98. The van der Waals surface area contributed by atoms with Gasteiger partial charge in [0, 0.05) is 13.0 Å². The quantitative estimate of drug-likeness (QED) is 0.485. The number of ether oxygens (including phenoxy) is 1. The number of carbonyl (C=O) groups is 3. The Labute approximate surface area is 182 Å². The highest BCUT2D eigenvalue weighted by molar-refractivity contribution is 6.00. The summed E-state index contributed by atoms with van der Waals surface area (Å²) in [5.41, 5.74) is 6.47. The van der Waals surface area contributed by atoms with E-state index >= 15 is 0 Å². The van der Waals surface area contributed by atoms with Gasteiger partial charge in [0.15, 0.2) is 12.3 Å². The van der Waals surface area contributed by atoms with Gasteiger partial charge in [0.1, 0.15) is 6.61 Å². The fourth-order valence-electron chi connectivity index (χ4n) is 3.75. The zero-order valence-corrected chi connectivity index (χ0v) is 17.1. The summed E-state index contributed by atoms with van der Waals surface area (Å²) >= 11 is 0. The van der Waals surface area contributed by atoms with E-state index in [1.54, 1.807) is 0 Å². The van der Waals surface area contributed by atoms with Crippen molar-refractivity contribution in [2.45, 2.75) is 5.92 Å². The van der Waals surface area contributed by atoms with Crippen LogP contribution in [-0.4, -0.2) is 46.1 Å². The van der Waals surface area contributed by atoms with Crippen molar-refractivity contribution >= 4 is 23.7 Å². The number of hydroxylamine groups is 1. The summed E-state index contributed by atoms with van der Waals surface area (Å²) in [5.74, 6) is -2.11. The van der Waals surface area contributed by atoms with Crippen LogP contribution in [0.3, 0.4) is 0 Å². The molecule has 10 nitrogen and oxygen atoms in total. The molecule has 0 spiro atoms. The van der Waals surface area contributed by atoms with Gasteiger partial charge in [-0.15, -0.1) is 0 Å². The molecule has 1 aliphatic rings. The first-order chi connectivity index (χ1) is 15.5. The molecule has 4 rings (SSSR count). The standard InChI is InChI=1S/C22H20N4O6/c1-26-20(21(29)25-32-12-19(27)28)18(10-23-26)24-22(30)31-11-17-15-8-4-2-6-13(15)14-7-3-5-9-16(14)17/h2-10,17H,11-12H2,1H3,(H,24,30)(H,25,29)(H,27,28). The number of carboxylic acid groups (broad SMARTS) is 1. The van der Waals surface area contributed by atoms with Crippen LogP contribution < -0.4 is 10.8 Å². The first-order valence-electron chi connectivity index (χ1n) is 9.73. The van der Waals surface area contributed by atoms with E-state index in [-0.39, 0.29) is 23.9 Å². The SMILES string of the molecule is Cn1ncc(NC(=O)OCC2c3ccccc3-c3ccccc32)c1C(=O)NOCC(=O)O. The summed E-state index contributed by atoms with van der Waals surface area (Å²) in [7, 11) is 1.50. The lowest BCUT2D eigenvalue weighted by molar-refractivity contribution is -0.144. The smallest absolute Gasteiger partial charge is 0.411 e. The maximum atomic E-state index is 12.5. The average molecular weight is 436 g/mol. The first-order valence-corrected chi connectivity index (χ1v) is 9.73. The average Bonchev–Trinajstić information content (AvgIpc) is 3.29. The summed E-state index contributed by atoms with van der Waals surface area (Å²) < 4.78 is 6.69. The number of aliphatic carboxylic acids is 1. The number of benzene rings is 2. The lowest BCUT2D eigenvalue weighted by Gasteiger charge is -2.14. The highest BCUT2D eigenvalue weighted by atomic mass is 16.7. The predicted octanol–water partition coefficient (Wildman–Crippen LogP) is 2.53. The minimum atomic E-state index is -1.24. The van der Waals surface area contributed by atoms with E-state index in [1.807, 2.05) is 54.0 Å². The van der Waals surface area contributed by atoms with Gasteiger partial charge in [-0.2, -0.15) is 5.10 Å². The maximum Gasteiger partial charge on any atom is 0.411 e. The number of carboxylic acids is 1. The van der Waals surface area contributed by atoms with Crippen molar-refractivity contribution in [3.05, 3.63) is 71.5 Å². The van der Waals surface area contributed by atoms with Gasteiger partial charge in [0.2, 0.25) is 0 Å². The molecule has 10 heteroatoms. The number of rotatable bonds is 7. The molecule has 0 fully saturated rings. The van der Waals surface area contributed by atoms with Gasteiger partial charge in [0.25, 0.3) is 5.91 Å². The molecule has 164 valence electrons. The molecule has 0 atom stereocenters. The summed E-state index contributed by atoms with van der Waals surface area (Å²) in [5, 5.41) is 15.0. The third kappa shape index (κ3) is 4.16. The minimum absolute atomic E-state index is 0.0242. The number of anilines is 1. The van der Waals surface area contributed by atoms with Gasteiger partial charge in [-0.25, -0.2) is 15.1 Å². The summed E-state index contributed by atoms with van der Waals surface area (Å²) in [6, 6.07) is 16.0. The van der Waals surface area contributed by atoms with Gasteiger partial charge in [-0.1, -0.05) is 48.5 Å². The Bertz CT molecular complexity index is 1140. The Balaban J connectivity index is 1.42. The number of aryl methyl sites for hydroxylation is 1. The van der Waals surface area contributed by atoms with Crippen molar-refractivity contribution in [3.63, 3.8) is 0 Å². The molecule has 3 N–H and O–H groups in total. The summed E-state index contributed by atoms with van der Waals surface area (Å²) in [4.78, 5) is 39.8. The van der Waals surface area contributed by atoms with E-state index in [2.05, 4.69) is 15.3 Å².